The summed E-state index contributed by atoms with van der Waals surface area (Å²) in [6.07, 6.45) is 2.31. The molecule has 0 fully saturated rings. The fourth-order valence-corrected chi connectivity index (χ4v) is 1.11. The van der Waals surface area contributed by atoms with Crippen molar-refractivity contribution < 1.29 is 14.3 Å². The van der Waals surface area contributed by atoms with E-state index >= 15 is 0 Å². The summed E-state index contributed by atoms with van der Waals surface area (Å²) in [5.41, 5.74) is 7.89. The third-order valence-corrected chi connectivity index (χ3v) is 1.99. The minimum atomic E-state index is -0.600. The lowest BCUT2D eigenvalue weighted by molar-refractivity contribution is -0.139. The van der Waals surface area contributed by atoms with Crippen molar-refractivity contribution in [3.05, 3.63) is 12.7 Å². The number of aromatic nitrogens is 3. The first-order valence-corrected chi connectivity index (χ1v) is 5.14. The van der Waals surface area contributed by atoms with Crippen molar-refractivity contribution in [3.8, 4) is 0 Å². The summed E-state index contributed by atoms with van der Waals surface area (Å²) in [5.74, 6) is -0.148. The Balaban J connectivity index is 2.36. The number of hydrazone groups is 1. The van der Waals surface area contributed by atoms with E-state index in [1.54, 1.807) is 0 Å². The lowest BCUT2D eigenvalue weighted by Gasteiger charge is -2.11. The Morgan fingerprint density at radius 3 is 2.83 bits per heavy atom. The molecule has 0 saturated carbocycles. The predicted molar refractivity (Wildman–Crippen MR) is 62.2 cm³/mol. The van der Waals surface area contributed by atoms with Gasteiger partial charge in [-0.2, -0.15) is 10.2 Å². The number of carbonyl (C=O) groups is 1. The van der Waals surface area contributed by atoms with Crippen molar-refractivity contribution in [2.24, 2.45) is 10.8 Å². The number of nitrogens with zero attached hydrogens (tertiary/aromatic N) is 4. The molecular weight excluding hydrogens is 240 g/mol. The predicted octanol–water partition coefficient (Wildman–Crippen LogP) is -1.32. The summed E-state index contributed by atoms with van der Waals surface area (Å²) in [5, 5.41) is 7.57. The maximum Gasteiger partial charge on any atom is 0.245 e. The van der Waals surface area contributed by atoms with Gasteiger partial charge in [0.2, 0.25) is 5.91 Å². The number of hydrogen-bond donors (Lipinski definition) is 2. The Morgan fingerprint density at radius 1 is 1.56 bits per heavy atom. The van der Waals surface area contributed by atoms with Gasteiger partial charge in [-0.15, -0.1) is 0 Å². The number of nitrogens with two attached hydrogens (primary N) is 1. The van der Waals surface area contributed by atoms with Crippen LogP contribution in [0.2, 0.25) is 0 Å². The number of rotatable bonds is 7. The third kappa shape index (κ3) is 4.89. The lowest BCUT2D eigenvalue weighted by Crippen LogP contribution is -2.29. The molecule has 0 aromatic carbocycles. The monoisotopic (exact) mass is 256 g/mol. The van der Waals surface area contributed by atoms with Gasteiger partial charge in [-0.1, -0.05) is 0 Å². The number of nitrogens with one attached hydrogen (secondary N) is 1. The Hall–Kier alpha value is -2.00. The van der Waals surface area contributed by atoms with E-state index < -0.39 is 6.29 Å². The fraction of sp³-hybridized carbons (Fsp3) is 0.556. The van der Waals surface area contributed by atoms with Crippen molar-refractivity contribution >= 4 is 11.7 Å². The van der Waals surface area contributed by atoms with Crippen molar-refractivity contribution in [3.63, 3.8) is 0 Å². The largest absolute Gasteiger partial charge is 0.384 e. The molecule has 0 saturated heterocycles. The fourth-order valence-electron chi connectivity index (χ4n) is 1.11. The van der Waals surface area contributed by atoms with Crippen LogP contribution < -0.4 is 11.2 Å². The van der Waals surface area contributed by atoms with E-state index in [9.17, 15) is 4.79 Å². The average molecular weight is 256 g/mol. The second kappa shape index (κ2) is 7.35. The molecule has 0 unspecified atom stereocenters. The molecule has 18 heavy (non-hydrogen) atoms. The molecule has 0 atom stereocenters. The van der Waals surface area contributed by atoms with Crippen LogP contribution in [0.3, 0.4) is 0 Å². The molecule has 1 amide bonds. The van der Waals surface area contributed by atoms with Gasteiger partial charge < -0.3 is 15.2 Å². The number of amidine groups is 1. The van der Waals surface area contributed by atoms with Crippen LogP contribution in [0.4, 0.5) is 0 Å². The highest BCUT2D eigenvalue weighted by molar-refractivity contribution is 5.83. The molecule has 0 aliphatic carbocycles. The second-order valence-electron chi connectivity index (χ2n) is 3.34. The Bertz CT molecular complexity index is 387. The van der Waals surface area contributed by atoms with Crippen LogP contribution in [0.15, 0.2) is 17.8 Å². The van der Waals surface area contributed by atoms with E-state index in [2.05, 4.69) is 20.6 Å². The van der Waals surface area contributed by atoms with Crippen LogP contribution in [0.1, 0.15) is 6.42 Å². The molecule has 0 spiro atoms. The van der Waals surface area contributed by atoms with Gasteiger partial charge in [0.05, 0.1) is 6.42 Å². The van der Waals surface area contributed by atoms with Crippen molar-refractivity contribution in [1.29, 1.82) is 0 Å². The van der Waals surface area contributed by atoms with Gasteiger partial charge in [-0.3, -0.25) is 4.79 Å². The SMILES string of the molecule is COC(CC(=O)N/N=C(\N)Cn1cncn1)OC. The molecule has 0 aliphatic rings. The number of carbonyl (C=O) groups excluding carboxylic acids is 1. The third-order valence-electron chi connectivity index (χ3n) is 1.99. The van der Waals surface area contributed by atoms with E-state index in [4.69, 9.17) is 15.2 Å². The lowest BCUT2D eigenvalue weighted by atomic mass is 10.4. The van der Waals surface area contributed by atoms with Gasteiger partial charge in [0.25, 0.3) is 0 Å². The Labute approximate surface area is 104 Å². The topological polar surface area (TPSA) is 117 Å². The van der Waals surface area contributed by atoms with Crippen molar-refractivity contribution in [2.75, 3.05) is 14.2 Å². The molecule has 9 heteroatoms. The molecule has 3 N–H and O–H groups in total. The van der Waals surface area contributed by atoms with Crippen LogP contribution in [-0.2, 0) is 20.8 Å². The standard InChI is InChI=1S/C9H16N6O3/c1-17-9(18-2)3-8(16)14-13-7(10)4-15-6-11-5-12-15/h5-6,9H,3-4H2,1-2H3,(H2,10,13)(H,14,16). The normalized spacial score (nSPS) is 11.8. The van der Waals surface area contributed by atoms with Crippen LogP contribution in [0.5, 0.6) is 0 Å². The Kier molecular flexibility index (Phi) is 5.74. The second-order valence-corrected chi connectivity index (χ2v) is 3.34. The minimum absolute atomic E-state index is 0.0348. The molecule has 0 radical (unpaired) electrons. The van der Waals surface area contributed by atoms with E-state index in [-0.39, 0.29) is 24.7 Å². The number of methoxy groups -OCH3 is 2. The smallest absolute Gasteiger partial charge is 0.245 e. The highest BCUT2D eigenvalue weighted by Gasteiger charge is 2.11. The Morgan fingerprint density at radius 2 is 2.28 bits per heavy atom. The maximum atomic E-state index is 11.4. The van der Waals surface area contributed by atoms with Gasteiger partial charge in [0.1, 0.15) is 25.0 Å². The molecule has 9 nitrogen and oxygen atoms in total. The molecule has 0 bridgehead atoms. The van der Waals surface area contributed by atoms with Gasteiger partial charge in [0.15, 0.2) is 6.29 Å². The molecule has 100 valence electrons. The quantitative estimate of drug-likeness (QED) is 0.270. The summed E-state index contributed by atoms with van der Waals surface area (Å²) in [7, 11) is 2.90. The molecular formula is C9H16N6O3. The highest BCUT2D eigenvalue weighted by Crippen LogP contribution is 1.96. The van der Waals surface area contributed by atoms with Gasteiger partial charge in [-0.25, -0.2) is 15.1 Å². The molecule has 0 aliphatic heterocycles. The highest BCUT2D eigenvalue weighted by atomic mass is 16.7. The van der Waals surface area contributed by atoms with E-state index in [0.717, 1.165) is 0 Å². The van der Waals surface area contributed by atoms with E-state index in [1.165, 1.54) is 31.6 Å². The number of hydrogen-bond acceptors (Lipinski definition) is 6. The zero-order valence-electron chi connectivity index (χ0n) is 10.2. The van der Waals surface area contributed by atoms with E-state index in [1.807, 2.05) is 0 Å². The molecule has 1 aromatic rings. The van der Waals surface area contributed by atoms with Gasteiger partial charge in [-0.05, 0) is 0 Å². The first-order valence-electron chi connectivity index (χ1n) is 5.14. The van der Waals surface area contributed by atoms with Crippen molar-refractivity contribution in [2.45, 2.75) is 19.3 Å². The summed E-state index contributed by atoms with van der Waals surface area (Å²) in [6.45, 7) is 0.248. The zero-order valence-corrected chi connectivity index (χ0v) is 10.2. The summed E-state index contributed by atoms with van der Waals surface area (Å²) in [6, 6.07) is 0. The van der Waals surface area contributed by atoms with Gasteiger partial charge in [0, 0.05) is 14.2 Å². The van der Waals surface area contributed by atoms with Crippen molar-refractivity contribution in [1.82, 2.24) is 20.2 Å². The summed E-state index contributed by atoms with van der Waals surface area (Å²) < 4.78 is 11.2. The van der Waals surface area contributed by atoms with Crippen LogP contribution in [0, 0.1) is 0 Å². The molecule has 1 aromatic heterocycles. The van der Waals surface area contributed by atoms with Crippen LogP contribution in [0.25, 0.3) is 0 Å². The van der Waals surface area contributed by atoms with Crippen LogP contribution >= 0.6 is 0 Å². The maximum absolute atomic E-state index is 11.4. The molecule has 1 rings (SSSR count). The first kappa shape index (κ1) is 14.1. The number of ether oxygens (including phenoxy) is 2. The minimum Gasteiger partial charge on any atom is -0.384 e. The number of amides is 1. The summed E-state index contributed by atoms with van der Waals surface area (Å²) >= 11 is 0. The van der Waals surface area contributed by atoms with Crippen LogP contribution in [-0.4, -0.2) is 47.0 Å². The van der Waals surface area contributed by atoms with Gasteiger partial charge >= 0.3 is 0 Å². The first-order chi connectivity index (χ1) is 8.65. The summed E-state index contributed by atoms with van der Waals surface area (Å²) in [4.78, 5) is 15.2. The average Bonchev–Trinajstić information content (AvgIpc) is 2.86. The zero-order chi connectivity index (χ0) is 13.4. The molecule has 1 heterocycles. The van der Waals surface area contributed by atoms with E-state index in [0.29, 0.717) is 0 Å².